The maximum Gasteiger partial charge on any atom is 0.308 e. The van der Waals surface area contributed by atoms with Gasteiger partial charge in [-0.2, -0.15) is 0 Å². The van der Waals surface area contributed by atoms with Gasteiger partial charge in [-0.15, -0.1) is 0 Å². The third kappa shape index (κ3) is 3.04. The number of carbonyl (C=O) groups is 1. The number of benzene rings is 1. The summed E-state index contributed by atoms with van der Waals surface area (Å²) < 4.78 is 11.3. The molecule has 15 heavy (non-hydrogen) atoms. The van der Waals surface area contributed by atoms with E-state index in [-0.39, 0.29) is 12.1 Å². The molecule has 0 amide bonds. The molecule has 1 aliphatic heterocycles. The number of halogens is 1. The minimum atomic E-state index is -0.296. The van der Waals surface area contributed by atoms with Crippen LogP contribution in [0.25, 0.3) is 0 Å². The molecule has 0 aliphatic carbocycles. The molecule has 0 N–H and O–H groups in total. The molecule has 3 nitrogen and oxygen atoms in total. The monoisotopic (exact) mass is 270 g/mol. The zero-order valence-electron chi connectivity index (χ0n) is 8.33. The molecule has 2 rings (SSSR count). The van der Waals surface area contributed by atoms with Gasteiger partial charge in [-0.25, -0.2) is 0 Å². The first-order chi connectivity index (χ1) is 7.15. The molecular formula is C11H11BrO3. The van der Waals surface area contributed by atoms with Gasteiger partial charge in [0, 0.05) is 17.8 Å². The first-order valence-corrected chi connectivity index (χ1v) is 5.53. The van der Waals surface area contributed by atoms with Crippen LogP contribution in [0.1, 0.15) is 12.5 Å². The Morgan fingerprint density at radius 2 is 2.40 bits per heavy atom. The molecule has 0 saturated carbocycles. The van der Waals surface area contributed by atoms with Gasteiger partial charge in [-0.3, -0.25) is 4.79 Å². The van der Waals surface area contributed by atoms with Crippen molar-refractivity contribution in [2.75, 3.05) is 6.61 Å². The van der Waals surface area contributed by atoms with Gasteiger partial charge in [0.25, 0.3) is 0 Å². The zero-order valence-corrected chi connectivity index (χ0v) is 9.91. The summed E-state index contributed by atoms with van der Waals surface area (Å²) in [5, 5.41) is 0. The highest BCUT2D eigenvalue weighted by Crippen LogP contribution is 2.27. The summed E-state index contributed by atoms with van der Waals surface area (Å²) in [6.45, 7) is 2.20. The van der Waals surface area contributed by atoms with Gasteiger partial charge in [-0.05, 0) is 23.8 Å². The second-order valence-corrected chi connectivity index (χ2v) is 4.42. The molecule has 0 aromatic heterocycles. The maximum atomic E-state index is 10.9. The largest absolute Gasteiger partial charge is 0.426 e. The van der Waals surface area contributed by atoms with Crippen LogP contribution in [0.5, 0.6) is 5.75 Å². The van der Waals surface area contributed by atoms with Crippen LogP contribution in [0.2, 0.25) is 0 Å². The smallest absolute Gasteiger partial charge is 0.308 e. The molecule has 80 valence electrons. The van der Waals surface area contributed by atoms with Crippen LogP contribution < -0.4 is 4.74 Å². The van der Waals surface area contributed by atoms with Gasteiger partial charge in [0.1, 0.15) is 5.75 Å². The Morgan fingerprint density at radius 3 is 3.00 bits per heavy atom. The van der Waals surface area contributed by atoms with E-state index in [0.717, 1.165) is 23.1 Å². The first kappa shape index (κ1) is 10.6. The standard InChI is InChI=1S/C11H11BrO3/c1-7(13)15-11-3-2-9(12)4-8(11)5-10-6-14-10/h2-4,10H,5-6H2,1H3. The third-order valence-corrected chi connectivity index (χ3v) is 2.62. The fraction of sp³-hybridized carbons (Fsp3) is 0.364. The molecule has 0 spiro atoms. The Hall–Kier alpha value is -0.870. The quantitative estimate of drug-likeness (QED) is 0.481. The summed E-state index contributed by atoms with van der Waals surface area (Å²) in [6.07, 6.45) is 1.08. The van der Waals surface area contributed by atoms with Crippen molar-refractivity contribution in [3.63, 3.8) is 0 Å². The minimum absolute atomic E-state index is 0.286. The highest BCUT2D eigenvalue weighted by Gasteiger charge is 2.24. The summed E-state index contributed by atoms with van der Waals surface area (Å²) in [5.74, 6) is 0.330. The molecule has 1 fully saturated rings. The highest BCUT2D eigenvalue weighted by molar-refractivity contribution is 9.10. The molecule has 0 radical (unpaired) electrons. The van der Waals surface area contributed by atoms with Crippen LogP contribution in [-0.4, -0.2) is 18.7 Å². The third-order valence-electron chi connectivity index (χ3n) is 2.13. The van der Waals surface area contributed by atoms with Crippen molar-refractivity contribution >= 4 is 21.9 Å². The van der Waals surface area contributed by atoms with Crippen molar-refractivity contribution < 1.29 is 14.3 Å². The average Bonchev–Trinajstić information content (AvgIpc) is 2.93. The van der Waals surface area contributed by atoms with Crippen molar-refractivity contribution in [2.45, 2.75) is 19.4 Å². The second kappa shape index (κ2) is 4.33. The van der Waals surface area contributed by atoms with Crippen molar-refractivity contribution in [2.24, 2.45) is 0 Å². The van der Waals surface area contributed by atoms with E-state index in [1.165, 1.54) is 6.92 Å². The van der Waals surface area contributed by atoms with E-state index in [4.69, 9.17) is 9.47 Å². The second-order valence-electron chi connectivity index (χ2n) is 3.51. The minimum Gasteiger partial charge on any atom is -0.426 e. The van der Waals surface area contributed by atoms with E-state index in [2.05, 4.69) is 15.9 Å². The van der Waals surface area contributed by atoms with Crippen LogP contribution >= 0.6 is 15.9 Å². The average molecular weight is 271 g/mol. The van der Waals surface area contributed by atoms with Gasteiger partial charge < -0.3 is 9.47 Å². The molecule has 1 aromatic carbocycles. The van der Waals surface area contributed by atoms with Crippen LogP contribution in [0.4, 0.5) is 0 Å². The van der Waals surface area contributed by atoms with Crippen LogP contribution in [0.15, 0.2) is 22.7 Å². The van der Waals surface area contributed by atoms with Crippen molar-refractivity contribution in [1.82, 2.24) is 0 Å². The van der Waals surface area contributed by atoms with Crippen LogP contribution in [0, 0.1) is 0 Å². The number of ether oxygens (including phenoxy) is 2. The molecule has 0 bridgehead atoms. The Morgan fingerprint density at radius 1 is 1.67 bits per heavy atom. The number of epoxide rings is 1. The lowest BCUT2D eigenvalue weighted by atomic mass is 10.1. The number of hydrogen-bond acceptors (Lipinski definition) is 3. The lowest BCUT2D eigenvalue weighted by molar-refractivity contribution is -0.131. The summed E-state index contributed by atoms with van der Waals surface area (Å²) in [5.41, 5.74) is 1.00. The zero-order chi connectivity index (χ0) is 10.8. The Bertz CT molecular complexity index is 385. The van der Waals surface area contributed by atoms with Crippen molar-refractivity contribution in [3.05, 3.63) is 28.2 Å². The van der Waals surface area contributed by atoms with Crippen LogP contribution in [0.3, 0.4) is 0 Å². The molecule has 1 aromatic rings. The van der Waals surface area contributed by atoms with E-state index >= 15 is 0 Å². The summed E-state index contributed by atoms with van der Waals surface area (Å²) in [7, 11) is 0. The van der Waals surface area contributed by atoms with Gasteiger partial charge in [-0.1, -0.05) is 15.9 Å². The van der Waals surface area contributed by atoms with E-state index in [0.29, 0.717) is 5.75 Å². The maximum absolute atomic E-state index is 10.9. The number of hydrogen-bond donors (Lipinski definition) is 0. The molecule has 1 heterocycles. The van der Waals surface area contributed by atoms with E-state index in [1.54, 1.807) is 6.07 Å². The van der Waals surface area contributed by atoms with Gasteiger partial charge in [0.05, 0.1) is 12.7 Å². The van der Waals surface area contributed by atoms with E-state index < -0.39 is 0 Å². The number of rotatable bonds is 3. The summed E-state index contributed by atoms with van der Waals surface area (Å²) in [6, 6.07) is 5.61. The molecular weight excluding hydrogens is 260 g/mol. The van der Waals surface area contributed by atoms with Gasteiger partial charge in [0.2, 0.25) is 0 Å². The van der Waals surface area contributed by atoms with Crippen LogP contribution in [-0.2, 0) is 16.0 Å². The van der Waals surface area contributed by atoms with Gasteiger partial charge >= 0.3 is 5.97 Å². The summed E-state index contributed by atoms with van der Waals surface area (Å²) >= 11 is 3.39. The molecule has 1 aliphatic rings. The fourth-order valence-corrected chi connectivity index (χ4v) is 1.80. The van der Waals surface area contributed by atoms with Crippen molar-refractivity contribution in [1.29, 1.82) is 0 Å². The Balaban J connectivity index is 2.21. The lowest BCUT2D eigenvalue weighted by Crippen LogP contribution is -2.05. The SMILES string of the molecule is CC(=O)Oc1ccc(Br)cc1CC1CO1. The topological polar surface area (TPSA) is 38.8 Å². The normalized spacial score (nSPS) is 18.7. The van der Waals surface area contributed by atoms with E-state index in [9.17, 15) is 4.79 Å². The highest BCUT2D eigenvalue weighted by atomic mass is 79.9. The molecule has 1 unspecified atom stereocenters. The molecule has 4 heteroatoms. The number of carbonyl (C=O) groups excluding carboxylic acids is 1. The molecule has 1 atom stereocenters. The fourth-order valence-electron chi connectivity index (χ4n) is 1.39. The Labute approximate surface area is 96.5 Å². The lowest BCUT2D eigenvalue weighted by Gasteiger charge is -2.08. The molecule has 1 saturated heterocycles. The number of esters is 1. The predicted molar refractivity (Wildman–Crippen MR) is 58.9 cm³/mol. The van der Waals surface area contributed by atoms with Crippen molar-refractivity contribution in [3.8, 4) is 5.75 Å². The first-order valence-electron chi connectivity index (χ1n) is 4.73. The van der Waals surface area contributed by atoms with E-state index in [1.807, 2.05) is 12.1 Å². The predicted octanol–water partition coefficient (Wildman–Crippen LogP) is 2.32. The summed E-state index contributed by atoms with van der Waals surface area (Å²) in [4.78, 5) is 10.9. The Kier molecular flexibility index (Phi) is 3.07. The van der Waals surface area contributed by atoms with Gasteiger partial charge in [0.15, 0.2) is 0 Å².